The molecule has 0 fully saturated rings. The highest BCUT2D eigenvalue weighted by Gasteiger charge is 2.22. The number of nitro groups is 1. The molecule has 0 spiro atoms. The van der Waals surface area contributed by atoms with Crippen LogP contribution in [0.3, 0.4) is 0 Å². The summed E-state index contributed by atoms with van der Waals surface area (Å²) < 4.78 is 0. The van der Waals surface area contributed by atoms with E-state index in [0.717, 1.165) is 0 Å². The summed E-state index contributed by atoms with van der Waals surface area (Å²) >= 11 is 0. The molecule has 1 atom stereocenters. The molecule has 0 aliphatic heterocycles. The first-order valence-corrected chi connectivity index (χ1v) is 5.61. The van der Waals surface area contributed by atoms with Crippen LogP contribution in [-0.4, -0.2) is 16.0 Å². The van der Waals surface area contributed by atoms with Crippen LogP contribution in [0.5, 0.6) is 0 Å². The molecule has 0 heterocycles. The van der Waals surface area contributed by atoms with Crippen LogP contribution in [0.1, 0.15) is 17.0 Å². The zero-order valence-electron chi connectivity index (χ0n) is 9.89. The number of aliphatic carboxylic acids is 1. The van der Waals surface area contributed by atoms with Gasteiger partial charge in [0.1, 0.15) is 5.92 Å². The maximum absolute atomic E-state index is 11.4. The van der Waals surface area contributed by atoms with Gasteiger partial charge >= 0.3 is 5.97 Å². The Labute approximate surface area is 109 Å². The number of nitrogens with zero attached hydrogens (tertiary/aromatic N) is 1. The molecule has 2 rings (SSSR count). The Bertz CT molecular complexity index is 593. The SMILES string of the molecule is O=C(O)C(c1ccccc1)c1ccc([N+](=O)[O-])cc1. The van der Waals surface area contributed by atoms with Crippen molar-refractivity contribution in [2.45, 2.75) is 5.92 Å². The lowest BCUT2D eigenvalue weighted by molar-refractivity contribution is -0.384. The summed E-state index contributed by atoms with van der Waals surface area (Å²) in [6, 6.07) is 14.3. The van der Waals surface area contributed by atoms with E-state index in [1.165, 1.54) is 24.3 Å². The number of carboxylic acids is 1. The first-order chi connectivity index (χ1) is 9.09. The van der Waals surface area contributed by atoms with Gasteiger partial charge in [-0.05, 0) is 11.1 Å². The molecule has 0 aliphatic carbocycles. The Morgan fingerprint density at radius 3 is 2.00 bits per heavy atom. The largest absolute Gasteiger partial charge is 0.481 e. The third kappa shape index (κ3) is 2.77. The Balaban J connectivity index is 2.40. The zero-order chi connectivity index (χ0) is 13.8. The fraction of sp³-hybridized carbons (Fsp3) is 0.0714. The number of non-ortho nitro benzene ring substituents is 1. The second kappa shape index (κ2) is 5.30. The van der Waals surface area contributed by atoms with E-state index < -0.39 is 16.8 Å². The molecule has 2 aromatic rings. The molecule has 0 amide bonds. The van der Waals surface area contributed by atoms with Crippen molar-refractivity contribution >= 4 is 11.7 Å². The van der Waals surface area contributed by atoms with E-state index in [1.807, 2.05) is 0 Å². The quantitative estimate of drug-likeness (QED) is 0.674. The molecule has 0 bridgehead atoms. The molecule has 0 saturated heterocycles. The van der Waals surface area contributed by atoms with Crippen LogP contribution in [0.25, 0.3) is 0 Å². The van der Waals surface area contributed by atoms with Gasteiger partial charge in [-0.1, -0.05) is 42.5 Å². The van der Waals surface area contributed by atoms with Crippen molar-refractivity contribution in [2.24, 2.45) is 0 Å². The topological polar surface area (TPSA) is 80.4 Å². The van der Waals surface area contributed by atoms with Crippen LogP contribution in [-0.2, 0) is 4.79 Å². The second-order valence-electron chi connectivity index (χ2n) is 4.03. The van der Waals surface area contributed by atoms with Gasteiger partial charge in [0.05, 0.1) is 4.92 Å². The minimum Gasteiger partial charge on any atom is -0.481 e. The second-order valence-corrected chi connectivity index (χ2v) is 4.03. The lowest BCUT2D eigenvalue weighted by atomic mass is 9.91. The fourth-order valence-corrected chi connectivity index (χ4v) is 1.91. The molecule has 0 aromatic heterocycles. The summed E-state index contributed by atoms with van der Waals surface area (Å²) in [6.07, 6.45) is 0. The van der Waals surface area contributed by atoms with Crippen molar-refractivity contribution in [1.82, 2.24) is 0 Å². The van der Waals surface area contributed by atoms with Crippen molar-refractivity contribution in [3.05, 3.63) is 75.8 Å². The smallest absolute Gasteiger partial charge is 0.315 e. The molecule has 2 aromatic carbocycles. The Morgan fingerprint density at radius 1 is 1.00 bits per heavy atom. The van der Waals surface area contributed by atoms with Crippen LogP contribution >= 0.6 is 0 Å². The summed E-state index contributed by atoms with van der Waals surface area (Å²) in [6.45, 7) is 0. The van der Waals surface area contributed by atoms with Crippen molar-refractivity contribution in [3.63, 3.8) is 0 Å². The number of carbonyl (C=O) groups is 1. The van der Waals surface area contributed by atoms with Gasteiger partial charge in [0, 0.05) is 12.1 Å². The minimum absolute atomic E-state index is 0.0547. The normalized spacial score (nSPS) is 11.8. The van der Waals surface area contributed by atoms with E-state index in [2.05, 4.69) is 0 Å². The fourth-order valence-electron chi connectivity index (χ4n) is 1.91. The number of carboxylic acid groups (broad SMARTS) is 1. The molecule has 5 heteroatoms. The number of rotatable bonds is 4. The van der Waals surface area contributed by atoms with E-state index in [4.69, 9.17) is 0 Å². The van der Waals surface area contributed by atoms with Crippen LogP contribution in [0.2, 0.25) is 0 Å². The van der Waals surface area contributed by atoms with E-state index in [1.54, 1.807) is 30.3 Å². The highest BCUT2D eigenvalue weighted by molar-refractivity contribution is 5.80. The molecule has 1 unspecified atom stereocenters. The predicted octanol–water partition coefficient (Wildman–Crippen LogP) is 2.81. The predicted molar refractivity (Wildman–Crippen MR) is 69.0 cm³/mol. The van der Waals surface area contributed by atoms with E-state index in [0.29, 0.717) is 11.1 Å². The molecule has 96 valence electrons. The van der Waals surface area contributed by atoms with Gasteiger partial charge in [-0.25, -0.2) is 0 Å². The highest BCUT2D eigenvalue weighted by Crippen LogP contribution is 2.26. The molecule has 0 radical (unpaired) electrons. The molecule has 19 heavy (non-hydrogen) atoms. The molecular formula is C14H11NO4. The molecular weight excluding hydrogens is 246 g/mol. The van der Waals surface area contributed by atoms with E-state index in [-0.39, 0.29) is 5.69 Å². The first kappa shape index (κ1) is 12.8. The molecule has 0 saturated carbocycles. The number of benzene rings is 2. The number of nitro benzene ring substituents is 1. The molecule has 0 aliphatic rings. The Hall–Kier alpha value is -2.69. The van der Waals surface area contributed by atoms with Gasteiger partial charge in [0.15, 0.2) is 0 Å². The lowest BCUT2D eigenvalue weighted by Crippen LogP contribution is -2.12. The van der Waals surface area contributed by atoms with Crippen LogP contribution in [0.4, 0.5) is 5.69 Å². The maximum Gasteiger partial charge on any atom is 0.315 e. The third-order valence-electron chi connectivity index (χ3n) is 2.82. The summed E-state index contributed by atoms with van der Waals surface area (Å²) in [5, 5.41) is 19.9. The Kier molecular flexibility index (Phi) is 3.56. The van der Waals surface area contributed by atoms with Gasteiger partial charge < -0.3 is 5.11 Å². The summed E-state index contributed by atoms with van der Waals surface area (Å²) in [7, 11) is 0. The monoisotopic (exact) mass is 257 g/mol. The number of hydrogen-bond acceptors (Lipinski definition) is 3. The van der Waals surface area contributed by atoms with Gasteiger partial charge in [-0.15, -0.1) is 0 Å². The number of hydrogen-bond donors (Lipinski definition) is 1. The average molecular weight is 257 g/mol. The Morgan fingerprint density at radius 2 is 1.53 bits per heavy atom. The minimum atomic E-state index is -0.986. The summed E-state index contributed by atoms with van der Waals surface area (Å²) in [4.78, 5) is 21.4. The lowest BCUT2D eigenvalue weighted by Gasteiger charge is -2.12. The van der Waals surface area contributed by atoms with E-state index in [9.17, 15) is 20.0 Å². The van der Waals surface area contributed by atoms with Crippen LogP contribution < -0.4 is 0 Å². The van der Waals surface area contributed by atoms with E-state index >= 15 is 0 Å². The molecule has 1 N–H and O–H groups in total. The summed E-state index contributed by atoms with van der Waals surface area (Å²) in [5.74, 6) is -1.80. The van der Waals surface area contributed by atoms with Crippen molar-refractivity contribution in [2.75, 3.05) is 0 Å². The van der Waals surface area contributed by atoms with Gasteiger partial charge in [-0.3, -0.25) is 14.9 Å². The third-order valence-corrected chi connectivity index (χ3v) is 2.82. The van der Waals surface area contributed by atoms with Crippen molar-refractivity contribution in [3.8, 4) is 0 Å². The first-order valence-electron chi connectivity index (χ1n) is 5.61. The van der Waals surface area contributed by atoms with Crippen molar-refractivity contribution in [1.29, 1.82) is 0 Å². The highest BCUT2D eigenvalue weighted by atomic mass is 16.6. The standard InChI is InChI=1S/C14H11NO4/c16-14(17)13(10-4-2-1-3-5-10)11-6-8-12(9-7-11)15(18)19/h1-9,13H,(H,16,17). The van der Waals surface area contributed by atoms with Gasteiger partial charge in [-0.2, -0.15) is 0 Å². The summed E-state index contributed by atoms with van der Waals surface area (Å²) in [5.41, 5.74) is 1.11. The average Bonchev–Trinajstić information content (AvgIpc) is 2.40. The van der Waals surface area contributed by atoms with Gasteiger partial charge in [0.2, 0.25) is 0 Å². The van der Waals surface area contributed by atoms with Crippen LogP contribution in [0, 0.1) is 10.1 Å². The van der Waals surface area contributed by atoms with Gasteiger partial charge in [0.25, 0.3) is 5.69 Å². The van der Waals surface area contributed by atoms with Crippen molar-refractivity contribution < 1.29 is 14.8 Å². The zero-order valence-corrected chi connectivity index (χ0v) is 9.89. The molecule has 5 nitrogen and oxygen atoms in total. The maximum atomic E-state index is 11.4. The van der Waals surface area contributed by atoms with Crippen LogP contribution in [0.15, 0.2) is 54.6 Å².